The van der Waals surface area contributed by atoms with E-state index in [2.05, 4.69) is 4.90 Å². The smallest absolute Gasteiger partial charge is 0.410 e. The zero-order valence-electron chi connectivity index (χ0n) is 34.7. The van der Waals surface area contributed by atoms with Crippen LogP contribution >= 0.6 is 0 Å². The molecule has 4 rings (SSSR count). The predicted octanol–water partition coefficient (Wildman–Crippen LogP) is 7.44. The first-order valence-electron chi connectivity index (χ1n) is 19.4. The van der Waals surface area contributed by atoms with Crippen molar-refractivity contribution in [2.45, 2.75) is 45.1 Å². The van der Waals surface area contributed by atoms with Crippen molar-refractivity contribution < 1.29 is 47.5 Å². The molecule has 0 saturated heterocycles. The number of methoxy groups -OCH3 is 4. The van der Waals surface area contributed by atoms with Crippen molar-refractivity contribution in [1.29, 1.82) is 0 Å². The van der Waals surface area contributed by atoms with Gasteiger partial charge in [0.05, 0.1) is 41.7 Å². The summed E-state index contributed by atoms with van der Waals surface area (Å²) in [4.78, 5) is 32.0. The Morgan fingerprint density at radius 2 is 0.776 bits per heavy atom. The van der Waals surface area contributed by atoms with Crippen LogP contribution in [0.25, 0.3) is 0 Å². The van der Waals surface area contributed by atoms with Gasteiger partial charge in [-0.25, -0.2) is 9.59 Å². The molecular formula is C45H59N3O10. The molecule has 0 N–H and O–H groups in total. The van der Waals surface area contributed by atoms with Crippen molar-refractivity contribution in [3.05, 3.63) is 119 Å². The van der Waals surface area contributed by atoms with Gasteiger partial charge in [-0.15, -0.1) is 0 Å². The van der Waals surface area contributed by atoms with Crippen molar-refractivity contribution in [2.75, 3.05) is 82.2 Å². The molecule has 0 aliphatic heterocycles. The Balaban J connectivity index is 1.17. The van der Waals surface area contributed by atoms with Crippen LogP contribution in [0, 0.1) is 0 Å². The number of carbonyl (C=O) groups excluding carboxylic acids is 2. The molecule has 0 aliphatic rings. The van der Waals surface area contributed by atoms with Crippen LogP contribution in [0.4, 0.5) is 9.59 Å². The van der Waals surface area contributed by atoms with Gasteiger partial charge in [-0.3, -0.25) is 9.80 Å². The zero-order valence-corrected chi connectivity index (χ0v) is 34.7. The maximum atomic E-state index is 13.3. The first-order chi connectivity index (χ1) is 28.2. The number of carbonyl (C=O) groups is 2. The highest BCUT2D eigenvalue weighted by Crippen LogP contribution is 2.21. The van der Waals surface area contributed by atoms with Gasteiger partial charge in [0.15, 0.2) is 0 Å². The number of nitrogens with zero attached hydrogens (tertiary/aromatic N) is 3. The second kappa shape index (κ2) is 25.0. The number of benzene rings is 4. The standard InChI is InChI=1S/C45H59N3O10/c1-46(2)39(19-21-55-23-25-57-44(49)47(31-35-11-7-15-40(27-35)51-3)32-36-12-8-16-41(28-36)52-4)20-22-56-24-26-58-45(50)48(33-37-13-9-17-42(29-37)53-5)34-38-14-10-18-43(30-38)54-6/h7-18,27-30,39H,19-26,31-34H2,1-6H3. The van der Waals surface area contributed by atoms with Gasteiger partial charge in [0.2, 0.25) is 0 Å². The Bertz CT molecular complexity index is 1600. The fraction of sp³-hybridized carbons (Fsp3) is 0.422. The van der Waals surface area contributed by atoms with Crippen molar-refractivity contribution in [3.63, 3.8) is 0 Å². The number of ether oxygens (including phenoxy) is 8. The van der Waals surface area contributed by atoms with Gasteiger partial charge in [0, 0.05) is 45.4 Å². The van der Waals surface area contributed by atoms with Crippen LogP contribution in [0.3, 0.4) is 0 Å². The molecule has 0 bridgehead atoms. The lowest BCUT2D eigenvalue weighted by Gasteiger charge is -2.25. The highest BCUT2D eigenvalue weighted by atomic mass is 16.6. The summed E-state index contributed by atoms with van der Waals surface area (Å²) >= 11 is 0. The Morgan fingerprint density at radius 3 is 1.05 bits per heavy atom. The molecule has 0 heterocycles. The van der Waals surface area contributed by atoms with Crippen molar-refractivity contribution in [3.8, 4) is 23.0 Å². The maximum absolute atomic E-state index is 13.3. The van der Waals surface area contributed by atoms with Crippen LogP contribution in [0.2, 0.25) is 0 Å². The number of rotatable bonds is 25. The van der Waals surface area contributed by atoms with Gasteiger partial charge in [-0.1, -0.05) is 48.5 Å². The van der Waals surface area contributed by atoms with Crippen molar-refractivity contribution >= 4 is 12.2 Å². The topological polar surface area (TPSA) is 118 Å². The molecule has 4 aromatic rings. The monoisotopic (exact) mass is 801 g/mol. The summed E-state index contributed by atoms with van der Waals surface area (Å²) < 4.78 is 44.5. The van der Waals surface area contributed by atoms with E-state index in [1.54, 1.807) is 38.2 Å². The fourth-order valence-electron chi connectivity index (χ4n) is 6.20. The normalized spacial score (nSPS) is 11.0. The van der Waals surface area contributed by atoms with Gasteiger partial charge < -0.3 is 42.8 Å². The largest absolute Gasteiger partial charge is 0.497 e. The van der Waals surface area contributed by atoms with E-state index >= 15 is 0 Å². The molecule has 13 nitrogen and oxygen atoms in total. The lowest BCUT2D eigenvalue weighted by molar-refractivity contribution is 0.0353. The van der Waals surface area contributed by atoms with Crippen LogP contribution in [0.15, 0.2) is 97.1 Å². The first-order valence-corrected chi connectivity index (χ1v) is 19.4. The molecule has 0 spiro atoms. The summed E-state index contributed by atoms with van der Waals surface area (Å²) in [5.41, 5.74) is 3.68. The Labute approximate surface area is 343 Å². The third-order valence-electron chi connectivity index (χ3n) is 9.37. The number of hydrogen-bond donors (Lipinski definition) is 0. The highest BCUT2D eigenvalue weighted by molar-refractivity contribution is 5.68. The molecule has 0 saturated carbocycles. The van der Waals surface area contributed by atoms with Gasteiger partial charge >= 0.3 is 12.2 Å². The van der Waals surface area contributed by atoms with Crippen LogP contribution in [-0.2, 0) is 45.1 Å². The Hall–Kier alpha value is -5.50. The summed E-state index contributed by atoms with van der Waals surface area (Å²) in [7, 11) is 10.5. The lowest BCUT2D eigenvalue weighted by atomic mass is 10.1. The van der Waals surface area contributed by atoms with Crippen LogP contribution in [-0.4, -0.2) is 115 Å². The third-order valence-corrected chi connectivity index (χ3v) is 9.37. The van der Waals surface area contributed by atoms with E-state index in [-0.39, 0.29) is 32.5 Å². The van der Waals surface area contributed by atoms with Crippen LogP contribution < -0.4 is 18.9 Å². The molecular weight excluding hydrogens is 743 g/mol. The molecule has 0 aromatic heterocycles. The molecule has 13 heteroatoms. The van der Waals surface area contributed by atoms with Crippen LogP contribution in [0.5, 0.6) is 23.0 Å². The third kappa shape index (κ3) is 15.8. The predicted molar refractivity (Wildman–Crippen MR) is 222 cm³/mol. The molecule has 314 valence electrons. The van der Waals surface area contributed by atoms with E-state index in [0.717, 1.165) is 58.1 Å². The molecule has 0 radical (unpaired) electrons. The number of amides is 2. The van der Waals surface area contributed by atoms with E-state index in [0.29, 0.717) is 39.4 Å². The molecule has 4 aromatic carbocycles. The SMILES string of the molecule is COc1cccc(CN(Cc2cccc(OC)c2)C(=O)OCCOCCC(CCOCCOC(=O)N(Cc2cccc(OC)c2)Cc2cccc(OC)c2)N(C)C)c1. The maximum Gasteiger partial charge on any atom is 0.410 e. The molecule has 2 amide bonds. The fourth-order valence-corrected chi connectivity index (χ4v) is 6.20. The Kier molecular flexibility index (Phi) is 19.5. The summed E-state index contributed by atoms with van der Waals surface area (Å²) in [6, 6.07) is 30.7. The lowest BCUT2D eigenvalue weighted by Crippen LogP contribution is -2.32. The van der Waals surface area contributed by atoms with Gasteiger partial charge in [-0.05, 0) is 97.7 Å². The van der Waals surface area contributed by atoms with Gasteiger partial charge in [0.1, 0.15) is 36.2 Å². The average molecular weight is 802 g/mol. The summed E-state index contributed by atoms with van der Waals surface area (Å²) in [5, 5.41) is 0. The molecule has 0 unspecified atom stereocenters. The summed E-state index contributed by atoms with van der Waals surface area (Å²) in [6.45, 7) is 3.14. The minimum atomic E-state index is -0.440. The minimum absolute atomic E-state index is 0.122. The molecule has 58 heavy (non-hydrogen) atoms. The molecule has 0 atom stereocenters. The van der Waals surface area contributed by atoms with Crippen molar-refractivity contribution in [2.24, 2.45) is 0 Å². The van der Waals surface area contributed by atoms with E-state index in [9.17, 15) is 9.59 Å². The first kappa shape index (κ1) is 45.2. The quantitative estimate of drug-likeness (QED) is 0.0623. The summed E-state index contributed by atoms with van der Waals surface area (Å²) in [5.74, 6) is 2.87. The van der Waals surface area contributed by atoms with E-state index in [1.807, 2.05) is 111 Å². The van der Waals surface area contributed by atoms with E-state index in [4.69, 9.17) is 37.9 Å². The average Bonchev–Trinajstić information content (AvgIpc) is 3.24. The second-order valence-electron chi connectivity index (χ2n) is 13.8. The molecule has 0 aliphatic carbocycles. The zero-order chi connectivity index (χ0) is 41.5. The minimum Gasteiger partial charge on any atom is -0.497 e. The highest BCUT2D eigenvalue weighted by Gasteiger charge is 2.19. The number of hydrogen-bond acceptors (Lipinski definition) is 11. The second-order valence-corrected chi connectivity index (χ2v) is 13.8. The van der Waals surface area contributed by atoms with Crippen molar-refractivity contribution in [1.82, 2.24) is 14.7 Å². The summed E-state index contributed by atoms with van der Waals surface area (Å²) in [6.07, 6.45) is 0.649. The van der Waals surface area contributed by atoms with Crippen LogP contribution in [0.1, 0.15) is 35.1 Å². The van der Waals surface area contributed by atoms with Gasteiger partial charge in [0.25, 0.3) is 0 Å². The molecule has 0 fully saturated rings. The van der Waals surface area contributed by atoms with E-state index in [1.165, 1.54) is 0 Å². The Morgan fingerprint density at radius 1 is 0.466 bits per heavy atom. The van der Waals surface area contributed by atoms with E-state index < -0.39 is 12.2 Å². The van der Waals surface area contributed by atoms with Gasteiger partial charge in [-0.2, -0.15) is 0 Å².